The van der Waals surface area contributed by atoms with E-state index in [9.17, 15) is 0 Å². The third-order valence-corrected chi connectivity index (χ3v) is 3.26. The number of aromatic nitrogens is 2. The molecule has 3 nitrogen and oxygen atoms in total. The van der Waals surface area contributed by atoms with Crippen molar-refractivity contribution in [3.63, 3.8) is 0 Å². The Morgan fingerprint density at radius 2 is 1.78 bits per heavy atom. The summed E-state index contributed by atoms with van der Waals surface area (Å²) >= 11 is 6.05. The van der Waals surface area contributed by atoms with Crippen molar-refractivity contribution >= 4 is 11.6 Å². The smallest absolute Gasteiger partial charge is 0.221 e. The Kier molecular flexibility index (Phi) is 7.02. The minimum Gasteiger partial charge on any atom is -0.477 e. The molecule has 0 spiro atoms. The van der Waals surface area contributed by atoms with Crippen LogP contribution in [0.5, 0.6) is 5.88 Å². The highest BCUT2D eigenvalue weighted by Gasteiger charge is 2.09. The monoisotopic (exact) mass is 270 g/mol. The van der Waals surface area contributed by atoms with Crippen LogP contribution in [-0.2, 0) is 6.42 Å². The molecule has 0 N–H and O–H groups in total. The highest BCUT2D eigenvalue weighted by atomic mass is 35.5. The number of halogens is 1. The summed E-state index contributed by atoms with van der Waals surface area (Å²) < 4.78 is 5.70. The first-order valence-corrected chi connectivity index (χ1v) is 7.22. The molecule has 4 heteroatoms. The van der Waals surface area contributed by atoms with Gasteiger partial charge in [-0.05, 0) is 13.3 Å². The molecular formula is C14H23ClN2O. The van der Waals surface area contributed by atoms with E-state index in [2.05, 4.69) is 16.9 Å². The summed E-state index contributed by atoms with van der Waals surface area (Å²) in [6, 6.07) is 0. The van der Waals surface area contributed by atoms with Gasteiger partial charge in [0.1, 0.15) is 11.0 Å². The molecule has 0 fully saturated rings. The second kappa shape index (κ2) is 8.30. The Morgan fingerprint density at radius 1 is 1.06 bits per heavy atom. The van der Waals surface area contributed by atoms with Gasteiger partial charge in [-0.25, -0.2) is 4.98 Å². The van der Waals surface area contributed by atoms with Crippen molar-refractivity contribution in [2.75, 3.05) is 6.61 Å². The molecule has 1 heterocycles. The highest BCUT2D eigenvalue weighted by molar-refractivity contribution is 6.30. The van der Waals surface area contributed by atoms with Crippen molar-refractivity contribution in [3.05, 3.63) is 16.5 Å². The van der Waals surface area contributed by atoms with Crippen LogP contribution < -0.4 is 4.74 Å². The molecule has 0 aliphatic rings. The third-order valence-electron chi connectivity index (χ3n) is 2.89. The standard InChI is InChI=1S/C14H23ClN2O/c1-4-6-7-8-9-10-18-14-11(3)13(15)16-12(5-2)17-14/h4-10H2,1-3H3. The Labute approximate surface area is 115 Å². The maximum atomic E-state index is 6.05. The van der Waals surface area contributed by atoms with Crippen LogP contribution in [0.15, 0.2) is 0 Å². The molecule has 0 saturated carbocycles. The number of unbranched alkanes of at least 4 members (excludes halogenated alkanes) is 4. The normalized spacial score (nSPS) is 10.7. The molecular weight excluding hydrogens is 248 g/mol. The average molecular weight is 271 g/mol. The van der Waals surface area contributed by atoms with Gasteiger partial charge in [0.15, 0.2) is 0 Å². The predicted octanol–water partition coefficient (Wildman–Crippen LogP) is 4.35. The molecule has 0 aliphatic heterocycles. The number of rotatable bonds is 8. The fourth-order valence-electron chi connectivity index (χ4n) is 1.68. The summed E-state index contributed by atoms with van der Waals surface area (Å²) in [5.41, 5.74) is 0.836. The Bertz CT molecular complexity index is 369. The summed E-state index contributed by atoms with van der Waals surface area (Å²) in [5, 5.41) is 0.503. The van der Waals surface area contributed by atoms with Crippen molar-refractivity contribution in [1.29, 1.82) is 0 Å². The van der Waals surface area contributed by atoms with E-state index in [1.54, 1.807) is 0 Å². The first-order chi connectivity index (χ1) is 8.69. The largest absolute Gasteiger partial charge is 0.477 e. The topological polar surface area (TPSA) is 35.0 Å². The maximum Gasteiger partial charge on any atom is 0.221 e. The number of hydrogen-bond donors (Lipinski definition) is 0. The zero-order valence-corrected chi connectivity index (χ0v) is 12.4. The van der Waals surface area contributed by atoms with Gasteiger partial charge >= 0.3 is 0 Å². The maximum absolute atomic E-state index is 6.05. The van der Waals surface area contributed by atoms with E-state index in [1.807, 2.05) is 13.8 Å². The Morgan fingerprint density at radius 3 is 2.44 bits per heavy atom. The van der Waals surface area contributed by atoms with Crippen LogP contribution in [0.4, 0.5) is 0 Å². The van der Waals surface area contributed by atoms with Crippen molar-refractivity contribution in [1.82, 2.24) is 9.97 Å². The zero-order chi connectivity index (χ0) is 13.4. The van der Waals surface area contributed by atoms with Gasteiger partial charge in [0.25, 0.3) is 0 Å². The molecule has 0 atom stereocenters. The van der Waals surface area contributed by atoms with Crippen LogP contribution in [0.1, 0.15) is 57.3 Å². The minimum atomic E-state index is 0.503. The molecule has 0 bridgehead atoms. The van der Waals surface area contributed by atoms with E-state index in [-0.39, 0.29) is 0 Å². The summed E-state index contributed by atoms with van der Waals surface area (Å²) in [7, 11) is 0. The van der Waals surface area contributed by atoms with Crippen LogP contribution >= 0.6 is 11.6 Å². The van der Waals surface area contributed by atoms with Crippen molar-refractivity contribution < 1.29 is 4.74 Å². The quantitative estimate of drug-likeness (QED) is 0.520. The molecule has 18 heavy (non-hydrogen) atoms. The minimum absolute atomic E-state index is 0.503. The van der Waals surface area contributed by atoms with Gasteiger partial charge in [0.2, 0.25) is 5.88 Å². The molecule has 0 radical (unpaired) electrons. The van der Waals surface area contributed by atoms with Gasteiger partial charge < -0.3 is 4.74 Å². The molecule has 0 unspecified atom stereocenters. The molecule has 0 aromatic carbocycles. The lowest BCUT2D eigenvalue weighted by Gasteiger charge is -2.10. The lowest BCUT2D eigenvalue weighted by molar-refractivity contribution is 0.290. The van der Waals surface area contributed by atoms with Crippen LogP contribution in [-0.4, -0.2) is 16.6 Å². The molecule has 1 rings (SSSR count). The SMILES string of the molecule is CCCCCCCOc1nc(CC)nc(Cl)c1C. The fourth-order valence-corrected chi connectivity index (χ4v) is 1.86. The van der Waals surface area contributed by atoms with E-state index >= 15 is 0 Å². The summed E-state index contributed by atoms with van der Waals surface area (Å²) in [5.74, 6) is 1.38. The predicted molar refractivity (Wildman–Crippen MR) is 75.4 cm³/mol. The van der Waals surface area contributed by atoms with Gasteiger partial charge in [-0.1, -0.05) is 51.1 Å². The van der Waals surface area contributed by atoms with Gasteiger partial charge in [0.05, 0.1) is 6.61 Å². The molecule has 102 valence electrons. The van der Waals surface area contributed by atoms with E-state index < -0.39 is 0 Å². The lowest BCUT2D eigenvalue weighted by atomic mass is 10.2. The molecule has 1 aromatic rings. The van der Waals surface area contributed by atoms with Gasteiger partial charge in [-0.3, -0.25) is 0 Å². The van der Waals surface area contributed by atoms with Gasteiger partial charge in [-0.2, -0.15) is 4.98 Å². The van der Waals surface area contributed by atoms with Crippen LogP contribution in [0.3, 0.4) is 0 Å². The Balaban J connectivity index is 2.44. The third kappa shape index (κ3) is 4.81. The van der Waals surface area contributed by atoms with Crippen LogP contribution in [0, 0.1) is 6.92 Å². The second-order valence-corrected chi connectivity index (χ2v) is 4.84. The summed E-state index contributed by atoms with van der Waals surface area (Å²) in [6.07, 6.45) is 6.91. The van der Waals surface area contributed by atoms with Crippen LogP contribution in [0.2, 0.25) is 5.15 Å². The van der Waals surface area contributed by atoms with E-state index in [0.29, 0.717) is 17.6 Å². The number of nitrogens with zero attached hydrogens (tertiary/aromatic N) is 2. The summed E-state index contributed by atoms with van der Waals surface area (Å²) in [6.45, 7) is 6.83. The first kappa shape index (κ1) is 15.2. The van der Waals surface area contributed by atoms with E-state index in [0.717, 1.165) is 24.2 Å². The average Bonchev–Trinajstić information content (AvgIpc) is 2.38. The summed E-state index contributed by atoms with van der Waals surface area (Å²) in [4.78, 5) is 8.56. The molecule has 0 aliphatic carbocycles. The lowest BCUT2D eigenvalue weighted by Crippen LogP contribution is -2.05. The van der Waals surface area contributed by atoms with E-state index in [1.165, 1.54) is 25.7 Å². The van der Waals surface area contributed by atoms with Gasteiger partial charge in [0, 0.05) is 12.0 Å². The van der Waals surface area contributed by atoms with Crippen molar-refractivity contribution in [3.8, 4) is 5.88 Å². The molecule has 0 saturated heterocycles. The molecule has 1 aromatic heterocycles. The van der Waals surface area contributed by atoms with E-state index in [4.69, 9.17) is 16.3 Å². The van der Waals surface area contributed by atoms with Crippen molar-refractivity contribution in [2.45, 2.75) is 59.3 Å². The first-order valence-electron chi connectivity index (χ1n) is 6.84. The second-order valence-electron chi connectivity index (χ2n) is 4.48. The number of aryl methyl sites for hydroxylation is 1. The van der Waals surface area contributed by atoms with Crippen molar-refractivity contribution in [2.24, 2.45) is 0 Å². The van der Waals surface area contributed by atoms with Crippen LogP contribution in [0.25, 0.3) is 0 Å². The Hall–Kier alpha value is -0.830. The van der Waals surface area contributed by atoms with Gasteiger partial charge in [-0.15, -0.1) is 0 Å². The molecule has 0 amide bonds. The zero-order valence-electron chi connectivity index (χ0n) is 11.6. The number of ether oxygens (including phenoxy) is 1. The highest BCUT2D eigenvalue weighted by Crippen LogP contribution is 2.22. The number of hydrogen-bond acceptors (Lipinski definition) is 3. The fraction of sp³-hybridized carbons (Fsp3) is 0.714.